The summed E-state index contributed by atoms with van der Waals surface area (Å²) >= 11 is 6.59. The van der Waals surface area contributed by atoms with Crippen molar-refractivity contribution in [3.63, 3.8) is 0 Å². The van der Waals surface area contributed by atoms with Gasteiger partial charge in [-0.05, 0) is 71.1 Å². The van der Waals surface area contributed by atoms with E-state index in [2.05, 4.69) is 37.5 Å². The minimum atomic E-state index is -0.614. The molecule has 0 bridgehead atoms. The highest BCUT2D eigenvalue weighted by atomic mass is 35.5. The number of H-pyrrole nitrogens is 1. The molecule has 10 heteroatoms. The van der Waals surface area contributed by atoms with Gasteiger partial charge in [0.1, 0.15) is 11.8 Å². The Bertz CT molecular complexity index is 1590. The van der Waals surface area contributed by atoms with Crippen molar-refractivity contribution in [1.29, 1.82) is 0 Å². The maximum Gasteiger partial charge on any atom is 0.253 e. The zero-order valence-electron chi connectivity index (χ0n) is 21.5. The van der Waals surface area contributed by atoms with Gasteiger partial charge in [-0.1, -0.05) is 41.4 Å². The van der Waals surface area contributed by atoms with E-state index in [1.807, 2.05) is 56.3 Å². The van der Waals surface area contributed by atoms with Crippen molar-refractivity contribution >= 4 is 22.5 Å². The highest BCUT2D eigenvalue weighted by molar-refractivity contribution is 6.31. The Kier molecular flexibility index (Phi) is 7.69. The van der Waals surface area contributed by atoms with E-state index in [1.54, 1.807) is 18.1 Å². The van der Waals surface area contributed by atoms with E-state index in [0.717, 1.165) is 33.4 Å². The predicted octanol–water partition coefficient (Wildman–Crippen LogP) is 4.82. The summed E-state index contributed by atoms with van der Waals surface area (Å²) < 4.78 is 12.7. The monoisotopic (exact) mass is 532 g/mol. The van der Waals surface area contributed by atoms with Crippen molar-refractivity contribution in [3.05, 3.63) is 110 Å². The molecule has 0 aliphatic carbocycles. The first-order chi connectivity index (χ1) is 18.4. The number of ether oxygens (including phenoxy) is 1. The lowest BCUT2D eigenvalue weighted by Gasteiger charge is -2.30. The van der Waals surface area contributed by atoms with E-state index in [-0.39, 0.29) is 5.56 Å². The third-order valence-electron chi connectivity index (χ3n) is 6.56. The van der Waals surface area contributed by atoms with Gasteiger partial charge in [0.15, 0.2) is 5.82 Å². The van der Waals surface area contributed by atoms with Gasteiger partial charge < -0.3 is 14.1 Å². The number of furan rings is 1. The number of aromatic amines is 1. The molecule has 0 saturated heterocycles. The number of halogens is 1. The van der Waals surface area contributed by atoms with Crippen molar-refractivity contribution < 1.29 is 9.15 Å². The maximum absolute atomic E-state index is 13.7. The number of hydrogen-bond donors (Lipinski definition) is 1. The fraction of sp³-hybridized carbons (Fsp3) is 0.286. The van der Waals surface area contributed by atoms with Crippen LogP contribution in [0.1, 0.15) is 39.9 Å². The fourth-order valence-electron chi connectivity index (χ4n) is 4.84. The largest absolute Gasteiger partial charge is 0.468 e. The van der Waals surface area contributed by atoms with Crippen molar-refractivity contribution in [2.24, 2.45) is 0 Å². The molecule has 0 aliphatic heterocycles. The molecule has 0 unspecified atom stereocenters. The standard InChI is InChI=1S/C28H29ClN6O3/c1-18-13-19(2)25-21(14-18)15-23(28(36)30-25)26(27-31-32-33-35(27)10-12-37-3)34(17-22-8-6-11-38-22)16-20-7-4-5-9-24(20)29/h4-9,11,13-15,26H,10,12,16-17H2,1-3H3,(H,30,36)/t26-/m1/s1. The number of rotatable bonds is 10. The van der Waals surface area contributed by atoms with E-state index in [4.69, 9.17) is 20.8 Å². The summed E-state index contributed by atoms with van der Waals surface area (Å²) in [6.45, 7) is 5.70. The Balaban J connectivity index is 1.71. The molecule has 0 saturated carbocycles. The van der Waals surface area contributed by atoms with Gasteiger partial charge in [0.25, 0.3) is 5.56 Å². The Labute approximate surface area is 225 Å². The number of aryl methyl sites for hydroxylation is 2. The van der Waals surface area contributed by atoms with Crippen molar-refractivity contribution in [2.45, 2.75) is 39.5 Å². The molecule has 0 amide bonds. The third kappa shape index (κ3) is 5.40. The smallest absolute Gasteiger partial charge is 0.253 e. The predicted molar refractivity (Wildman–Crippen MR) is 145 cm³/mol. The van der Waals surface area contributed by atoms with E-state index in [1.165, 1.54) is 0 Å². The van der Waals surface area contributed by atoms with Crippen LogP contribution in [0, 0.1) is 13.8 Å². The summed E-state index contributed by atoms with van der Waals surface area (Å²) in [7, 11) is 1.63. The molecular formula is C28H29ClN6O3. The first kappa shape index (κ1) is 25.8. The van der Waals surface area contributed by atoms with E-state index in [9.17, 15) is 4.79 Å². The molecule has 3 heterocycles. The minimum Gasteiger partial charge on any atom is -0.468 e. The molecule has 5 rings (SSSR count). The fourth-order valence-corrected chi connectivity index (χ4v) is 5.03. The van der Waals surface area contributed by atoms with Crippen LogP contribution in [0.5, 0.6) is 0 Å². The second kappa shape index (κ2) is 11.3. The van der Waals surface area contributed by atoms with Crippen LogP contribution in [-0.4, -0.2) is 43.8 Å². The summed E-state index contributed by atoms with van der Waals surface area (Å²) in [5.41, 5.74) is 4.15. The molecule has 2 aromatic carbocycles. The second-order valence-electron chi connectivity index (χ2n) is 9.33. The normalized spacial score (nSPS) is 12.4. The molecule has 1 atom stereocenters. The number of nitrogens with zero attached hydrogens (tertiary/aromatic N) is 5. The molecule has 0 fully saturated rings. The maximum atomic E-state index is 13.7. The number of aromatic nitrogens is 5. The zero-order chi connectivity index (χ0) is 26.6. The van der Waals surface area contributed by atoms with Crippen LogP contribution in [0.25, 0.3) is 10.9 Å². The Morgan fingerprint density at radius 1 is 1.13 bits per heavy atom. The SMILES string of the molecule is COCCn1nnnc1[C@@H](c1cc2cc(C)cc(C)c2[nH]c1=O)N(Cc1ccco1)Cc1ccccc1Cl. The number of methoxy groups -OCH3 is 1. The van der Waals surface area contributed by atoms with E-state index in [0.29, 0.717) is 42.7 Å². The first-order valence-corrected chi connectivity index (χ1v) is 12.7. The number of pyridine rings is 1. The first-order valence-electron chi connectivity index (χ1n) is 12.3. The Hall–Kier alpha value is -3.79. The van der Waals surface area contributed by atoms with E-state index >= 15 is 0 Å². The van der Waals surface area contributed by atoms with Crippen LogP contribution < -0.4 is 5.56 Å². The van der Waals surface area contributed by atoms with Gasteiger partial charge in [0.2, 0.25) is 0 Å². The van der Waals surface area contributed by atoms with Gasteiger partial charge in [0, 0.05) is 24.2 Å². The highest BCUT2D eigenvalue weighted by Gasteiger charge is 2.32. The second-order valence-corrected chi connectivity index (χ2v) is 9.74. The summed E-state index contributed by atoms with van der Waals surface area (Å²) in [5.74, 6) is 1.26. The van der Waals surface area contributed by atoms with Gasteiger partial charge in [0.05, 0.1) is 31.5 Å². The summed E-state index contributed by atoms with van der Waals surface area (Å²) in [6, 6.07) is 16.9. The molecule has 0 aliphatic rings. The van der Waals surface area contributed by atoms with Gasteiger partial charge in [-0.25, -0.2) is 4.68 Å². The lowest BCUT2D eigenvalue weighted by atomic mass is 10.00. The molecule has 5 aromatic rings. The van der Waals surface area contributed by atoms with Crippen molar-refractivity contribution in [2.75, 3.05) is 13.7 Å². The quantitative estimate of drug-likeness (QED) is 0.275. The average molecular weight is 533 g/mol. The molecule has 196 valence electrons. The van der Waals surface area contributed by atoms with Crippen LogP contribution in [0.15, 0.2) is 70.1 Å². The van der Waals surface area contributed by atoms with Crippen molar-refractivity contribution in [3.8, 4) is 0 Å². The van der Waals surface area contributed by atoms with Crippen LogP contribution in [0.3, 0.4) is 0 Å². The van der Waals surface area contributed by atoms with E-state index < -0.39 is 6.04 Å². The minimum absolute atomic E-state index is 0.209. The van der Waals surface area contributed by atoms with Gasteiger partial charge in [-0.15, -0.1) is 5.10 Å². The topological polar surface area (TPSA) is 102 Å². The summed E-state index contributed by atoms with van der Waals surface area (Å²) in [4.78, 5) is 18.9. The number of hydrogen-bond acceptors (Lipinski definition) is 7. The molecule has 38 heavy (non-hydrogen) atoms. The number of nitrogens with one attached hydrogen (secondary N) is 1. The summed E-state index contributed by atoms with van der Waals surface area (Å²) in [5, 5.41) is 14.2. The third-order valence-corrected chi connectivity index (χ3v) is 6.93. The Morgan fingerprint density at radius 3 is 2.74 bits per heavy atom. The molecule has 1 N–H and O–H groups in total. The van der Waals surface area contributed by atoms with Crippen LogP contribution in [0.4, 0.5) is 0 Å². The molecule has 0 spiro atoms. The number of fused-ring (bicyclic) bond motifs is 1. The van der Waals surface area contributed by atoms with Gasteiger partial charge in [-0.3, -0.25) is 9.69 Å². The summed E-state index contributed by atoms with van der Waals surface area (Å²) in [6.07, 6.45) is 1.63. The van der Waals surface area contributed by atoms with Gasteiger partial charge >= 0.3 is 0 Å². The van der Waals surface area contributed by atoms with Crippen molar-refractivity contribution in [1.82, 2.24) is 30.1 Å². The lowest BCUT2D eigenvalue weighted by Crippen LogP contribution is -2.35. The number of tetrazole rings is 1. The van der Waals surface area contributed by atoms with Gasteiger partial charge in [-0.2, -0.15) is 0 Å². The Morgan fingerprint density at radius 2 is 1.97 bits per heavy atom. The van der Waals surface area contributed by atoms with Crippen LogP contribution in [-0.2, 0) is 24.4 Å². The number of benzene rings is 2. The zero-order valence-corrected chi connectivity index (χ0v) is 22.3. The lowest BCUT2D eigenvalue weighted by molar-refractivity contribution is 0.163. The molecule has 0 radical (unpaired) electrons. The molecule has 9 nitrogen and oxygen atoms in total. The highest BCUT2D eigenvalue weighted by Crippen LogP contribution is 2.32. The van der Waals surface area contributed by atoms with Crippen LogP contribution >= 0.6 is 11.6 Å². The van der Waals surface area contributed by atoms with Crippen LogP contribution in [0.2, 0.25) is 5.02 Å². The average Bonchev–Trinajstić information content (AvgIpc) is 3.57. The molecular weight excluding hydrogens is 504 g/mol. The molecule has 3 aromatic heterocycles.